The molecule has 0 radical (unpaired) electrons. The lowest BCUT2D eigenvalue weighted by molar-refractivity contribution is -0.117. The van der Waals surface area contributed by atoms with Crippen molar-refractivity contribution in [1.29, 1.82) is 0 Å². The highest BCUT2D eigenvalue weighted by atomic mass is 16.2. The van der Waals surface area contributed by atoms with Crippen LogP contribution in [0.15, 0.2) is 79.4 Å². The summed E-state index contributed by atoms with van der Waals surface area (Å²) >= 11 is 0. The van der Waals surface area contributed by atoms with E-state index in [2.05, 4.69) is 75.2 Å². The average molecular weight is 554 g/mol. The molecule has 4 aromatic heterocycles. The van der Waals surface area contributed by atoms with Crippen LogP contribution in [0.5, 0.6) is 0 Å². The van der Waals surface area contributed by atoms with E-state index in [4.69, 9.17) is 9.97 Å². The van der Waals surface area contributed by atoms with Gasteiger partial charge in [-0.1, -0.05) is 30.2 Å². The van der Waals surface area contributed by atoms with E-state index in [1.165, 1.54) is 10.9 Å². The molecule has 0 saturated carbocycles. The van der Waals surface area contributed by atoms with Gasteiger partial charge in [0.25, 0.3) is 0 Å². The van der Waals surface area contributed by atoms with Gasteiger partial charge in [0.2, 0.25) is 5.91 Å². The molecule has 0 aliphatic rings. The molecule has 8 nitrogen and oxygen atoms in total. The lowest BCUT2D eigenvalue weighted by atomic mass is 10.0. The van der Waals surface area contributed by atoms with Gasteiger partial charge in [-0.2, -0.15) is 0 Å². The first-order valence-electron chi connectivity index (χ1n) is 13.8. The molecule has 42 heavy (non-hydrogen) atoms. The number of fused-ring (bicyclic) bond motifs is 2. The average Bonchev–Trinajstić information content (AvgIpc) is 3.58. The predicted molar refractivity (Wildman–Crippen MR) is 167 cm³/mol. The molecule has 0 bridgehead atoms. The molecular weight excluding hydrogens is 522 g/mol. The Morgan fingerprint density at radius 2 is 1.86 bits per heavy atom. The number of amides is 1. The molecule has 0 aliphatic heterocycles. The second kappa shape index (κ2) is 11.0. The number of anilines is 1. The van der Waals surface area contributed by atoms with Crippen LogP contribution in [0.1, 0.15) is 29.3 Å². The van der Waals surface area contributed by atoms with Crippen molar-refractivity contribution < 1.29 is 4.79 Å². The monoisotopic (exact) mass is 553 g/mol. The van der Waals surface area contributed by atoms with Gasteiger partial charge in [-0.3, -0.25) is 9.20 Å². The largest absolute Gasteiger partial charge is 0.332 e. The number of carbonyl (C=O) groups is 1. The Morgan fingerprint density at radius 3 is 2.64 bits per heavy atom. The standard InChI is InChI=1S/C34H31N7O/c1-21-15-16-41-31(17-21)39-32(29-19-36-20-40(29)5)33(41)27-12-14-30(38-34(42)23(3)35-4)37-28(27)13-10-24-9-11-26-22(2)7-6-8-25(26)18-24/h6-9,11-12,14-20,23,35H,1-5H3,(H,37,38,42)/t23-/m0/s1. The second-order valence-corrected chi connectivity index (χ2v) is 10.5. The summed E-state index contributed by atoms with van der Waals surface area (Å²) < 4.78 is 4.00. The van der Waals surface area contributed by atoms with Crippen molar-refractivity contribution in [2.45, 2.75) is 26.8 Å². The normalized spacial score (nSPS) is 11.8. The number of likely N-dealkylation sites (N-methyl/N-ethyl adjacent to an activating group) is 1. The molecule has 1 amide bonds. The van der Waals surface area contributed by atoms with Gasteiger partial charge in [-0.25, -0.2) is 15.0 Å². The molecule has 1 atom stereocenters. The van der Waals surface area contributed by atoms with E-state index in [1.54, 1.807) is 26.4 Å². The Labute approximate surface area is 244 Å². The van der Waals surface area contributed by atoms with Gasteiger partial charge in [0.05, 0.1) is 30.0 Å². The summed E-state index contributed by atoms with van der Waals surface area (Å²) in [6, 6.07) is 20.0. The van der Waals surface area contributed by atoms with Gasteiger partial charge in [0.15, 0.2) is 0 Å². The van der Waals surface area contributed by atoms with Crippen molar-refractivity contribution in [1.82, 2.24) is 29.2 Å². The Kier molecular flexibility index (Phi) is 7.03. The highest BCUT2D eigenvalue weighted by molar-refractivity contribution is 5.94. The van der Waals surface area contributed by atoms with Crippen molar-refractivity contribution in [2.75, 3.05) is 12.4 Å². The first-order chi connectivity index (χ1) is 20.3. The van der Waals surface area contributed by atoms with E-state index in [1.807, 2.05) is 49.1 Å². The molecule has 2 aromatic carbocycles. The minimum atomic E-state index is -0.375. The Hall–Kier alpha value is -5.26. The fourth-order valence-electron chi connectivity index (χ4n) is 5.00. The summed E-state index contributed by atoms with van der Waals surface area (Å²) in [6.45, 7) is 5.95. The maximum atomic E-state index is 12.7. The van der Waals surface area contributed by atoms with Crippen LogP contribution in [0.4, 0.5) is 5.82 Å². The topological polar surface area (TPSA) is 89.1 Å². The van der Waals surface area contributed by atoms with Crippen LogP contribution in [0.2, 0.25) is 0 Å². The SMILES string of the molecule is CN[C@@H](C)C(=O)Nc1ccc(-c2c(-c3cncn3C)nc3cc(C)ccn23)c(C#Cc2ccc3c(C)cccc3c2)n1. The fraction of sp³-hybridized carbons (Fsp3) is 0.176. The molecule has 6 aromatic rings. The van der Waals surface area contributed by atoms with E-state index in [0.717, 1.165) is 44.8 Å². The third-order valence-electron chi connectivity index (χ3n) is 7.49. The van der Waals surface area contributed by atoms with Crippen molar-refractivity contribution in [3.05, 3.63) is 102 Å². The molecule has 0 unspecified atom stereocenters. The molecule has 6 rings (SSSR count). The quantitative estimate of drug-likeness (QED) is 0.275. The van der Waals surface area contributed by atoms with E-state index >= 15 is 0 Å². The zero-order valence-electron chi connectivity index (χ0n) is 24.2. The van der Waals surface area contributed by atoms with E-state index < -0.39 is 0 Å². The maximum absolute atomic E-state index is 12.7. The predicted octanol–water partition coefficient (Wildman–Crippen LogP) is 5.51. The number of carbonyl (C=O) groups excluding carboxylic acids is 1. The Morgan fingerprint density at radius 1 is 1.00 bits per heavy atom. The highest BCUT2D eigenvalue weighted by Gasteiger charge is 2.22. The summed E-state index contributed by atoms with van der Waals surface area (Å²) in [5.41, 5.74) is 7.83. The number of hydrogen-bond donors (Lipinski definition) is 2. The van der Waals surface area contributed by atoms with Gasteiger partial charge >= 0.3 is 0 Å². The maximum Gasteiger partial charge on any atom is 0.242 e. The van der Waals surface area contributed by atoms with Crippen LogP contribution in [0, 0.1) is 25.7 Å². The van der Waals surface area contributed by atoms with Crippen LogP contribution in [-0.2, 0) is 11.8 Å². The summed E-state index contributed by atoms with van der Waals surface area (Å²) in [6.07, 6.45) is 5.58. The molecule has 0 spiro atoms. The van der Waals surface area contributed by atoms with Gasteiger partial charge in [0.1, 0.15) is 22.9 Å². The number of aromatic nitrogens is 5. The number of nitrogens with one attached hydrogen (secondary N) is 2. The number of rotatable bonds is 5. The molecule has 0 saturated heterocycles. The molecule has 0 aliphatic carbocycles. The van der Waals surface area contributed by atoms with Gasteiger partial charge in [-0.05, 0) is 92.0 Å². The second-order valence-electron chi connectivity index (χ2n) is 10.5. The van der Waals surface area contributed by atoms with Crippen LogP contribution < -0.4 is 10.6 Å². The zero-order chi connectivity index (χ0) is 29.4. The van der Waals surface area contributed by atoms with Crippen molar-refractivity contribution in [2.24, 2.45) is 7.05 Å². The van der Waals surface area contributed by atoms with Gasteiger partial charge in [0, 0.05) is 24.4 Å². The first-order valence-corrected chi connectivity index (χ1v) is 13.8. The Balaban J connectivity index is 1.55. The van der Waals surface area contributed by atoms with E-state index in [-0.39, 0.29) is 11.9 Å². The lowest BCUT2D eigenvalue weighted by Gasteiger charge is -2.13. The molecule has 4 heterocycles. The molecule has 2 N–H and O–H groups in total. The number of aryl methyl sites for hydroxylation is 3. The number of hydrogen-bond acceptors (Lipinski definition) is 5. The summed E-state index contributed by atoms with van der Waals surface area (Å²) in [4.78, 5) is 26.9. The molecule has 208 valence electrons. The summed E-state index contributed by atoms with van der Waals surface area (Å²) in [5.74, 6) is 6.90. The number of nitrogens with zero attached hydrogens (tertiary/aromatic N) is 5. The number of pyridine rings is 2. The minimum absolute atomic E-state index is 0.178. The lowest BCUT2D eigenvalue weighted by Crippen LogP contribution is -2.35. The van der Waals surface area contributed by atoms with Crippen molar-refractivity contribution in [3.8, 4) is 34.5 Å². The van der Waals surface area contributed by atoms with Crippen molar-refractivity contribution >= 4 is 28.1 Å². The highest BCUT2D eigenvalue weighted by Crippen LogP contribution is 2.35. The van der Waals surface area contributed by atoms with Crippen LogP contribution in [-0.4, -0.2) is 42.9 Å². The summed E-state index contributed by atoms with van der Waals surface area (Å²) in [7, 11) is 3.69. The summed E-state index contributed by atoms with van der Waals surface area (Å²) in [5, 5.41) is 8.21. The third kappa shape index (κ3) is 5.02. The van der Waals surface area contributed by atoms with E-state index in [0.29, 0.717) is 11.5 Å². The van der Waals surface area contributed by atoms with Crippen LogP contribution in [0.25, 0.3) is 39.1 Å². The zero-order valence-corrected chi connectivity index (χ0v) is 24.2. The molecule has 8 heteroatoms. The van der Waals surface area contributed by atoms with Crippen LogP contribution >= 0.6 is 0 Å². The van der Waals surface area contributed by atoms with E-state index in [9.17, 15) is 4.79 Å². The number of imidazole rings is 2. The van der Waals surface area contributed by atoms with Crippen LogP contribution in [0.3, 0.4) is 0 Å². The third-order valence-corrected chi connectivity index (χ3v) is 7.49. The first kappa shape index (κ1) is 26.9. The minimum Gasteiger partial charge on any atom is -0.332 e. The molecule has 0 fully saturated rings. The van der Waals surface area contributed by atoms with Crippen molar-refractivity contribution in [3.63, 3.8) is 0 Å². The fourth-order valence-corrected chi connectivity index (χ4v) is 5.00. The smallest absolute Gasteiger partial charge is 0.242 e. The number of benzene rings is 2. The van der Waals surface area contributed by atoms with Gasteiger partial charge in [-0.15, -0.1) is 0 Å². The van der Waals surface area contributed by atoms with Gasteiger partial charge < -0.3 is 15.2 Å². The Bertz CT molecular complexity index is 2040. The molecular formula is C34H31N7O.